The van der Waals surface area contributed by atoms with Crippen molar-refractivity contribution in [1.82, 2.24) is 5.32 Å². The fraction of sp³-hybridized carbons (Fsp3) is 0.350. The summed E-state index contributed by atoms with van der Waals surface area (Å²) in [5, 5.41) is 3.45. The predicted molar refractivity (Wildman–Crippen MR) is 121 cm³/mol. The molecule has 0 aliphatic heterocycles. The van der Waals surface area contributed by atoms with Gasteiger partial charge in [0.2, 0.25) is 15.9 Å². The van der Waals surface area contributed by atoms with Crippen molar-refractivity contribution in [3.05, 3.63) is 45.9 Å². The molecule has 0 fully saturated rings. The number of nitrogens with zero attached hydrogens (tertiary/aromatic N) is 1. The Balaban J connectivity index is 2.06. The first-order valence-electron chi connectivity index (χ1n) is 9.11. The molecule has 0 heterocycles. The average molecular weight is 491 g/mol. The van der Waals surface area contributed by atoms with Crippen molar-refractivity contribution in [1.29, 1.82) is 0 Å². The zero-order valence-corrected chi connectivity index (χ0v) is 19.9. The van der Waals surface area contributed by atoms with Crippen LogP contribution < -0.4 is 23.8 Å². The Morgan fingerprint density at radius 2 is 1.74 bits per heavy atom. The molecule has 31 heavy (non-hydrogen) atoms. The Labute approximate surface area is 192 Å². The maximum Gasteiger partial charge on any atom is 0.240 e. The molecule has 170 valence electrons. The number of anilines is 1. The maximum atomic E-state index is 12.4. The van der Waals surface area contributed by atoms with Crippen LogP contribution in [0.15, 0.2) is 30.3 Å². The number of halogens is 2. The number of aryl methyl sites for hydroxylation is 1. The number of carbonyl (C=O) groups is 1. The van der Waals surface area contributed by atoms with Crippen LogP contribution in [0, 0.1) is 6.92 Å². The molecule has 0 spiro atoms. The van der Waals surface area contributed by atoms with Gasteiger partial charge in [-0.3, -0.25) is 9.10 Å². The largest absolute Gasteiger partial charge is 0.495 e. The van der Waals surface area contributed by atoms with Crippen molar-refractivity contribution < 1.29 is 27.4 Å². The lowest BCUT2D eigenvalue weighted by Gasteiger charge is -2.24. The number of benzene rings is 2. The van der Waals surface area contributed by atoms with Crippen molar-refractivity contribution in [3.63, 3.8) is 0 Å². The van der Waals surface area contributed by atoms with E-state index in [1.807, 2.05) is 13.0 Å². The Morgan fingerprint density at radius 1 is 1.06 bits per heavy atom. The molecular formula is C20H24Cl2N2O6S. The number of hydrogen-bond acceptors (Lipinski definition) is 6. The van der Waals surface area contributed by atoms with Gasteiger partial charge in [0.05, 0.1) is 37.7 Å². The third-order valence-corrected chi connectivity index (χ3v) is 6.07. The first kappa shape index (κ1) is 24.9. The molecule has 0 bridgehead atoms. The molecule has 1 N–H and O–H groups in total. The molecule has 11 heteroatoms. The van der Waals surface area contributed by atoms with Gasteiger partial charge in [0.25, 0.3) is 0 Å². The molecule has 2 aromatic carbocycles. The van der Waals surface area contributed by atoms with Crippen LogP contribution in [0.2, 0.25) is 10.0 Å². The van der Waals surface area contributed by atoms with E-state index in [1.54, 1.807) is 12.1 Å². The number of ether oxygens (including phenoxy) is 3. The second-order valence-electron chi connectivity index (χ2n) is 6.54. The number of carbonyl (C=O) groups excluding carboxylic acids is 1. The van der Waals surface area contributed by atoms with Crippen LogP contribution in [0.25, 0.3) is 0 Å². The SMILES string of the molecule is COc1cc(N(CC(=O)NCCOc2ccc(C)c(Cl)c2)S(C)(=O)=O)c(OC)cc1Cl. The predicted octanol–water partition coefficient (Wildman–Crippen LogP) is 3.28. The number of amides is 1. The summed E-state index contributed by atoms with van der Waals surface area (Å²) in [4.78, 5) is 12.4. The minimum atomic E-state index is -3.82. The number of methoxy groups -OCH3 is 2. The van der Waals surface area contributed by atoms with Crippen molar-refractivity contribution in [2.24, 2.45) is 0 Å². The molecular weight excluding hydrogens is 467 g/mol. The number of hydrogen-bond donors (Lipinski definition) is 1. The van der Waals surface area contributed by atoms with Crippen LogP contribution in [-0.2, 0) is 14.8 Å². The Kier molecular flexibility index (Phi) is 8.67. The van der Waals surface area contributed by atoms with Gasteiger partial charge in [-0.15, -0.1) is 0 Å². The fourth-order valence-corrected chi connectivity index (χ4v) is 3.88. The number of rotatable bonds is 10. The molecule has 0 radical (unpaired) electrons. The van der Waals surface area contributed by atoms with Gasteiger partial charge in [0, 0.05) is 17.2 Å². The lowest BCUT2D eigenvalue weighted by atomic mass is 10.2. The molecule has 0 aromatic heterocycles. The van der Waals surface area contributed by atoms with E-state index < -0.39 is 22.5 Å². The lowest BCUT2D eigenvalue weighted by molar-refractivity contribution is -0.119. The summed E-state index contributed by atoms with van der Waals surface area (Å²) in [7, 11) is -1.05. The molecule has 0 saturated carbocycles. The summed E-state index contributed by atoms with van der Waals surface area (Å²) in [5.74, 6) is 0.479. The van der Waals surface area contributed by atoms with Gasteiger partial charge in [-0.05, 0) is 24.6 Å². The fourth-order valence-electron chi connectivity index (χ4n) is 2.63. The molecule has 0 unspecified atom stereocenters. The summed E-state index contributed by atoms with van der Waals surface area (Å²) in [6.07, 6.45) is 0.991. The molecule has 0 atom stereocenters. The Hall–Kier alpha value is -2.36. The standard InChI is InChI=1S/C20H24Cl2N2O6S/c1-13-5-6-14(9-15(13)21)30-8-7-23-20(25)12-24(31(4,26)27)17-11-18(28-2)16(22)10-19(17)29-3/h5-6,9-11H,7-8,12H2,1-4H3,(H,23,25). The van der Waals surface area contributed by atoms with E-state index in [2.05, 4.69) is 5.32 Å². The summed E-state index contributed by atoms with van der Waals surface area (Å²) in [5.41, 5.74) is 1.06. The van der Waals surface area contributed by atoms with E-state index in [4.69, 9.17) is 37.4 Å². The second-order valence-corrected chi connectivity index (χ2v) is 9.26. The van der Waals surface area contributed by atoms with Crippen molar-refractivity contribution in [3.8, 4) is 17.2 Å². The molecule has 0 saturated heterocycles. The third kappa shape index (κ3) is 6.81. The first-order valence-corrected chi connectivity index (χ1v) is 11.7. The van der Waals surface area contributed by atoms with Crippen LogP contribution in [0.4, 0.5) is 5.69 Å². The van der Waals surface area contributed by atoms with E-state index in [1.165, 1.54) is 26.4 Å². The van der Waals surface area contributed by atoms with Gasteiger partial charge in [-0.25, -0.2) is 8.42 Å². The minimum Gasteiger partial charge on any atom is -0.495 e. The summed E-state index contributed by atoms with van der Waals surface area (Å²) < 4.78 is 41.6. The highest BCUT2D eigenvalue weighted by molar-refractivity contribution is 7.92. The van der Waals surface area contributed by atoms with Gasteiger partial charge in [0.15, 0.2) is 0 Å². The van der Waals surface area contributed by atoms with E-state index in [-0.39, 0.29) is 35.4 Å². The highest BCUT2D eigenvalue weighted by atomic mass is 35.5. The number of nitrogens with one attached hydrogen (secondary N) is 1. The van der Waals surface area contributed by atoms with Crippen LogP contribution in [0.3, 0.4) is 0 Å². The molecule has 8 nitrogen and oxygen atoms in total. The molecule has 0 aliphatic rings. The van der Waals surface area contributed by atoms with Gasteiger partial charge in [-0.2, -0.15) is 0 Å². The zero-order chi connectivity index (χ0) is 23.2. The quantitative estimate of drug-likeness (QED) is 0.513. The molecule has 0 aliphatic carbocycles. The van der Waals surface area contributed by atoms with Gasteiger partial charge >= 0.3 is 0 Å². The lowest BCUT2D eigenvalue weighted by Crippen LogP contribution is -2.41. The highest BCUT2D eigenvalue weighted by Gasteiger charge is 2.25. The monoisotopic (exact) mass is 490 g/mol. The van der Waals surface area contributed by atoms with Crippen LogP contribution in [0.5, 0.6) is 17.2 Å². The second kappa shape index (κ2) is 10.8. The molecule has 2 rings (SSSR count). The summed E-state index contributed by atoms with van der Waals surface area (Å²) >= 11 is 12.1. The van der Waals surface area contributed by atoms with Gasteiger partial charge < -0.3 is 19.5 Å². The van der Waals surface area contributed by atoms with Crippen molar-refractivity contribution in [2.45, 2.75) is 6.92 Å². The van der Waals surface area contributed by atoms with Crippen LogP contribution in [-0.4, -0.2) is 54.5 Å². The molecule has 1 amide bonds. The maximum absolute atomic E-state index is 12.4. The van der Waals surface area contributed by atoms with Crippen molar-refractivity contribution in [2.75, 3.05) is 44.5 Å². The summed E-state index contributed by atoms with van der Waals surface area (Å²) in [6, 6.07) is 8.11. The normalized spacial score (nSPS) is 11.0. The van der Waals surface area contributed by atoms with Gasteiger partial charge in [-0.1, -0.05) is 29.3 Å². The van der Waals surface area contributed by atoms with Crippen LogP contribution in [0.1, 0.15) is 5.56 Å². The Morgan fingerprint density at radius 3 is 2.32 bits per heavy atom. The van der Waals surface area contributed by atoms with Crippen LogP contribution >= 0.6 is 23.2 Å². The van der Waals surface area contributed by atoms with E-state index in [0.717, 1.165) is 16.1 Å². The van der Waals surface area contributed by atoms with E-state index in [9.17, 15) is 13.2 Å². The van der Waals surface area contributed by atoms with Gasteiger partial charge in [0.1, 0.15) is 30.4 Å². The highest BCUT2D eigenvalue weighted by Crippen LogP contribution is 2.38. The topological polar surface area (TPSA) is 94.2 Å². The van der Waals surface area contributed by atoms with E-state index in [0.29, 0.717) is 10.8 Å². The van der Waals surface area contributed by atoms with E-state index >= 15 is 0 Å². The zero-order valence-electron chi connectivity index (χ0n) is 17.6. The first-order chi connectivity index (χ1) is 14.6. The average Bonchev–Trinajstić information content (AvgIpc) is 2.71. The summed E-state index contributed by atoms with van der Waals surface area (Å²) in [6.45, 7) is 1.77. The molecule has 2 aromatic rings. The Bertz CT molecular complexity index is 1050. The number of sulfonamides is 1. The third-order valence-electron chi connectivity index (χ3n) is 4.25. The minimum absolute atomic E-state index is 0.131. The smallest absolute Gasteiger partial charge is 0.240 e. The van der Waals surface area contributed by atoms with Crippen molar-refractivity contribution >= 4 is 44.8 Å².